The van der Waals surface area contributed by atoms with Crippen molar-refractivity contribution < 1.29 is 18.0 Å². The molecular formula is C9H5Br2F3O. The smallest absolute Gasteiger partial charge is 0.293 e. The first kappa shape index (κ1) is 12.7. The summed E-state index contributed by atoms with van der Waals surface area (Å²) in [6.45, 7) is 0. The summed E-state index contributed by atoms with van der Waals surface area (Å²) in [5, 5.41) is 0.000745. The van der Waals surface area contributed by atoms with E-state index in [1.54, 1.807) is 0 Å². The predicted octanol–water partition coefficient (Wildman–Crippen LogP) is 4.05. The van der Waals surface area contributed by atoms with Gasteiger partial charge in [-0.1, -0.05) is 31.9 Å². The minimum atomic E-state index is -4.44. The van der Waals surface area contributed by atoms with E-state index in [2.05, 4.69) is 31.9 Å². The van der Waals surface area contributed by atoms with Crippen LogP contribution in [0.5, 0.6) is 0 Å². The molecule has 0 aliphatic rings. The van der Waals surface area contributed by atoms with E-state index in [1.165, 1.54) is 6.07 Å². The molecule has 0 amide bonds. The van der Waals surface area contributed by atoms with Gasteiger partial charge < -0.3 is 0 Å². The van der Waals surface area contributed by atoms with Gasteiger partial charge in [-0.05, 0) is 18.2 Å². The van der Waals surface area contributed by atoms with Gasteiger partial charge in [-0.3, -0.25) is 4.79 Å². The lowest BCUT2D eigenvalue weighted by molar-refractivity contribution is -0.137. The number of carbonyl (C=O) groups excluding carboxylic acids is 1. The molecule has 0 saturated heterocycles. The van der Waals surface area contributed by atoms with Crippen LogP contribution in [0.1, 0.15) is 15.9 Å². The highest BCUT2D eigenvalue weighted by molar-refractivity contribution is 9.10. The first-order chi connectivity index (χ1) is 6.84. The Labute approximate surface area is 101 Å². The number of Topliss-reactive ketones (excluding diaryl/α,β-unsaturated/α-hetero) is 1. The largest absolute Gasteiger partial charge is 0.416 e. The van der Waals surface area contributed by atoms with E-state index in [-0.39, 0.29) is 21.1 Å². The monoisotopic (exact) mass is 344 g/mol. The van der Waals surface area contributed by atoms with Crippen molar-refractivity contribution in [2.24, 2.45) is 0 Å². The lowest BCUT2D eigenvalue weighted by Crippen LogP contribution is -2.08. The number of ketones is 1. The molecule has 0 saturated carbocycles. The van der Waals surface area contributed by atoms with Crippen LogP contribution in [0.3, 0.4) is 0 Å². The van der Waals surface area contributed by atoms with Crippen LogP contribution in [-0.4, -0.2) is 11.1 Å². The van der Waals surface area contributed by atoms with E-state index < -0.39 is 11.7 Å². The SMILES string of the molecule is O=C(CBr)c1cc(Br)cc(C(F)(F)F)c1. The molecule has 0 heterocycles. The third-order valence-corrected chi connectivity index (χ3v) is 2.64. The lowest BCUT2D eigenvalue weighted by atomic mass is 10.1. The quantitative estimate of drug-likeness (QED) is 0.584. The average molecular weight is 346 g/mol. The number of hydrogen-bond donors (Lipinski definition) is 0. The third-order valence-electron chi connectivity index (χ3n) is 1.67. The molecular weight excluding hydrogens is 341 g/mol. The first-order valence-electron chi connectivity index (χ1n) is 3.81. The van der Waals surface area contributed by atoms with E-state index >= 15 is 0 Å². The molecule has 0 aromatic heterocycles. The molecule has 1 aromatic carbocycles. The minimum Gasteiger partial charge on any atom is -0.293 e. The molecule has 15 heavy (non-hydrogen) atoms. The van der Waals surface area contributed by atoms with Gasteiger partial charge in [0.2, 0.25) is 0 Å². The Bertz CT molecular complexity index is 387. The Hall–Kier alpha value is -0.360. The van der Waals surface area contributed by atoms with Gasteiger partial charge in [-0.15, -0.1) is 0 Å². The molecule has 1 aromatic rings. The van der Waals surface area contributed by atoms with Gasteiger partial charge in [0.1, 0.15) is 0 Å². The van der Waals surface area contributed by atoms with Crippen LogP contribution in [0.4, 0.5) is 13.2 Å². The molecule has 0 atom stereocenters. The zero-order valence-corrected chi connectivity index (χ0v) is 10.4. The molecule has 0 radical (unpaired) electrons. The van der Waals surface area contributed by atoms with Crippen LogP contribution in [0.15, 0.2) is 22.7 Å². The number of benzene rings is 1. The van der Waals surface area contributed by atoms with Crippen LogP contribution in [0.2, 0.25) is 0 Å². The summed E-state index contributed by atoms with van der Waals surface area (Å²) in [7, 11) is 0. The van der Waals surface area contributed by atoms with Crippen molar-refractivity contribution >= 4 is 37.6 Å². The maximum absolute atomic E-state index is 12.4. The maximum Gasteiger partial charge on any atom is 0.416 e. The van der Waals surface area contributed by atoms with Crippen LogP contribution in [0, 0.1) is 0 Å². The van der Waals surface area contributed by atoms with Crippen LogP contribution < -0.4 is 0 Å². The topological polar surface area (TPSA) is 17.1 Å². The van der Waals surface area contributed by atoms with Gasteiger partial charge in [0.25, 0.3) is 0 Å². The van der Waals surface area contributed by atoms with Gasteiger partial charge in [-0.25, -0.2) is 0 Å². The fourth-order valence-electron chi connectivity index (χ4n) is 0.991. The number of rotatable bonds is 2. The average Bonchev–Trinajstić information content (AvgIpc) is 2.14. The predicted molar refractivity (Wildman–Crippen MR) is 57.3 cm³/mol. The highest BCUT2D eigenvalue weighted by Crippen LogP contribution is 2.32. The normalized spacial score (nSPS) is 11.5. The fourth-order valence-corrected chi connectivity index (χ4v) is 1.81. The fraction of sp³-hybridized carbons (Fsp3) is 0.222. The zero-order valence-electron chi connectivity index (χ0n) is 7.24. The van der Waals surface area contributed by atoms with Crippen molar-refractivity contribution in [3.05, 3.63) is 33.8 Å². The number of halogens is 5. The van der Waals surface area contributed by atoms with Crippen LogP contribution in [-0.2, 0) is 6.18 Å². The second kappa shape index (κ2) is 4.65. The lowest BCUT2D eigenvalue weighted by Gasteiger charge is -2.08. The Kier molecular flexibility index (Phi) is 3.94. The third kappa shape index (κ3) is 3.31. The summed E-state index contributed by atoms with van der Waals surface area (Å²) < 4.78 is 37.4. The molecule has 0 N–H and O–H groups in total. The standard InChI is InChI=1S/C9H5Br2F3O/c10-4-8(15)5-1-6(9(12,13)14)3-7(11)2-5/h1-3H,4H2. The van der Waals surface area contributed by atoms with Crippen LogP contribution in [0.25, 0.3) is 0 Å². The highest BCUT2D eigenvalue weighted by Gasteiger charge is 2.31. The summed E-state index contributed by atoms with van der Waals surface area (Å²) in [5.41, 5.74) is -0.797. The maximum atomic E-state index is 12.4. The van der Waals surface area contributed by atoms with Crippen molar-refractivity contribution in [2.45, 2.75) is 6.18 Å². The van der Waals surface area contributed by atoms with Crippen molar-refractivity contribution in [3.63, 3.8) is 0 Å². The molecule has 0 unspecified atom stereocenters. The van der Waals surface area contributed by atoms with Crippen molar-refractivity contribution in [1.29, 1.82) is 0 Å². The molecule has 0 aliphatic heterocycles. The molecule has 6 heteroatoms. The first-order valence-corrected chi connectivity index (χ1v) is 5.73. The molecule has 1 nitrogen and oxygen atoms in total. The number of hydrogen-bond acceptors (Lipinski definition) is 1. The van der Waals surface area contributed by atoms with Gasteiger partial charge in [0, 0.05) is 10.0 Å². The Morgan fingerprint density at radius 2 is 1.87 bits per heavy atom. The van der Waals surface area contributed by atoms with Crippen molar-refractivity contribution in [2.75, 3.05) is 5.33 Å². The van der Waals surface area contributed by atoms with E-state index in [0.717, 1.165) is 12.1 Å². The van der Waals surface area contributed by atoms with Gasteiger partial charge in [0.05, 0.1) is 10.9 Å². The Morgan fingerprint density at radius 3 is 2.33 bits per heavy atom. The molecule has 0 fully saturated rings. The number of carbonyl (C=O) groups is 1. The van der Waals surface area contributed by atoms with E-state index in [4.69, 9.17) is 0 Å². The zero-order chi connectivity index (χ0) is 11.6. The molecule has 0 spiro atoms. The van der Waals surface area contributed by atoms with Crippen LogP contribution >= 0.6 is 31.9 Å². The summed E-state index contributed by atoms with van der Waals surface area (Å²) in [5.74, 6) is -0.387. The summed E-state index contributed by atoms with van der Waals surface area (Å²) in [6.07, 6.45) is -4.44. The minimum absolute atomic E-state index is 0.000745. The summed E-state index contributed by atoms with van der Waals surface area (Å²) in [4.78, 5) is 11.2. The van der Waals surface area contributed by atoms with Gasteiger partial charge >= 0.3 is 6.18 Å². The highest BCUT2D eigenvalue weighted by atomic mass is 79.9. The molecule has 1 rings (SSSR count). The molecule has 0 aliphatic carbocycles. The second-order valence-corrected chi connectivity index (χ2v) is 4.26. The summed E-state index contributed by atoms with van der Waals surface area (Å²) in [6, 6.07) is 3.14. The Morgan fingerprint density at radius 1 is 1.27 bits per heavy atom. The van der Waals surface area contributed by atoms with Gasteiger partial charge in [-0.2, -0.15) is 13.2 Å². The Balaban J connectivity index is 3.23. The van der Waals surface area contributed by atoms with Crippen molar-refractivity contribution in [1.82, 2.24) is 0 Å². The number of alkyl halides is 4. The molecule has 0 bridgehead atoms. The van der Waals surface area contributed by atoms with E-state index in [0.29, 0.717) is 0 Å². The van der Waals surface area contributed by atoms with E-state index in [9.17, 15) is 18.0 Å². The van der Waals surface area contributed by atoms with Crippen molar-refractivity contribution in [3.8, 4) is 0 Å². The molecule has 82 valence electrons. The summed E-state index contributed by atoms with van der Waals surface area (Å²) >= 11 is 5.84. The van der Waals surface area contributed by atoms with E-state index in [1.807, 2.05) is 0 Å². The van der Waals surface area contributed by atoms with Gasteiger partial charge in [0.15, 0.2) is 5.78 Å². The second-order valence-electron chi connectivity index (χ2n) is 2.78.